The molecule has 1 amide bonds. The maximum Gasteiger partial charge on any atom is 0.241 e. The van der Waals surface area contributed by atoms with Crippen LogP contribution in [0.4, 0.5) is 5.69 Å². The minimum Gasteiger partial charge on any atom is -0.309 e. The van der Waals surface area contributed by atoms with E-state index in [2.05, 4.69) is 36.9 Å². The van der Waals surface area contributed by atoms with Crippen LogP contribution in [0.5, 0.6) is 0 Å². The van der Waals surface area contributed by atoms with Crippen molar-refractivity contribution in [1.82, 2.24) is 4.90 Å². The van der Waals surface area contributed by atoms with Crippen LogP contribution in [0.1, 0.15) is 24.7 Å². The van der Waals surface area contributed by atoms with E-state index in [9.17, 15) is 4.79 Å². The van der Waals surface area contributed by atoms with E-state index in [-0.39, 0.29) is 23.6 Å². The number of hydrogen-bond acceptors (Lipinski definition) is 3. The quantitative estimate of drug-likeness (QED) is 0.669. The molecule has 3 nitrogen and oxygen atoms in total. The van der Waals surface area contributed by atoms with Crippen LogP contribution in [0.15, 0.2) is 53.4 Å². The number of para-hydroxylation sites is 1. The zero-order valence-corrected chi connectivity index (χ0v) is 17.4. The van der Waals surface area contributed by atoms with Gasteiger partial charge in [0.05, 0.1) is 17.5 Å². The van der Waals surface area contributed by atoms with Crippen molar-refractivity contribution in [2.45, 2.75) is 24.0 Å². The second kappa shape index (κ2) is 9.65. The molecule has 2 aromatic carbocycles. The van der Waals surface area contributed by atoms with E-state index in [1.54, 1.807) is 0 Å². The molecule has 3 rings (SSSR count). The Morgan fingerprint density at radius 1 is 1.15 bits per heavy atom. The van der Waals surface area contributed by atoms with Crippen LogP contribution in [0.2, 0.25) is 5.02 Å². The fourth-order valence-electron chi connectivity index (χ4n) is 3.05. The monoisotopic (exact) mass is 410 g/mol. The van der Waals surface area contributed by atoms with Crippen molar-refractivity contribution < 1.29 is 4.79 Å². The van der Waals surface area contributed by atoms with Crippen molar-refractivity contribution in [2.24, 2.45) is 0 Å². The zero-order chi connectivity index (χ0) is 17.8. The van der Waals surface area contributed by atoms with Gasteiger partial charge in [-0.25, -0.2) is 0 Å². The van der Waals surface area contributed by atoms with Gasteiger partial charge in [0.1, 0.15) is 0 Å². The summed E-state index contributed by atoms with van der Waals surface area (Å²) in [6, 6.07) is 16.1. The van der Waals surface area contributed by atoms with E-state index >= 15 is 0 Å². The lowest BCUT2D eigenvalue weighted by Gasteiger charge is -2.35. The third-order valence-electron chi connectivity index (χ3n) is 4.57. The third kappa shape index (κ3) is 4.74. The predicted molar refractivity (Wildman–Crippen MR) is 114 cm³/mol. The summed E-state index contributed by atoms with van der Waals surface area (Å²) in [7, 11) is 0. The van der Waals surface area contributed by atoms with E-state index in [0.717, 1.165) is 28.7 Å². The average Bonchev–Trinajstić information content (AvgIpc) is 2.65. The summed E-state index contributed by atoms with van der Waals surface area (Å²) in [6.45, 7) is 7.09. The van der Waals surface area contributed by atoms with Crippen molar-refractivity contribution in [3.8, 4) is 0 Å². The van der Waals surface area contributed by atoms with Crippen LogP contribution in [-0.4, -0.2) is 37.0 Å². The Balaban J connectivity index is 0.00000243. The highest BCUT2D eigenvalue weighted by molar-refractivity contribution is 7.99. The number of fused-ring (bicyclic) bond motifs is 1. The van der Waals surface area contributed by atoms with E-state index < -0.39 is 0 Å². The molecule has 0 aliphatic carbocycles. The maximum absolute atomic E-state index is 13.0. The van der Waals surface area contributed by atoms with Gasteiger partial charge in [0.25, 0.3) is 0 Å². The molecule has 1 aliphatic rings. The minimum atomic E-state index is 0. The number of carbonyl (C=O) groups excluding carboxylic acids is 1. The molecule has 0 aromatic heterocycles. The average molecular weight is 411 g/mol. The second-order valence-electron chi connectivity index (χ2n) is 6.09. The van der Waals surface area contributed by atoms with Crippen molar-refractivity contribution >= 4 is 47.4 Å². The molecule has 0 radical (unpaired) electrons. The fourth-order valence-corrected chi connectivity index (χ4v) is 4.45. The number of halogens is 2. The molecule has 0 saturated carbocycles. The molecule has 0 unspecified atom stereocenters. The topological polar surface area (TPSA) is 23.6 Å². The van der Waals surface area contributed by atoms with Crippen LogP contribution >= 0.6 is 35.8 Å². The Bertz CT molecular complexity index is 735. The summed E-state index contributed by atoms with van der Waals surface area (Å²) in [5, 5.41) is 0.951. The van der Waals surface area contributed by atoms with Gasteiger partial charge in [-0.15, -0.1) is 24.2 Å². The second-order valence-corrected chi connectivity index (χ2v) is 7.77. The van der Waals surface area contributed by atoms with Crippen molar-refractivity contribution in [2.75, 3.05) is 31.1 Å². The first-order valence-electron chi connectivity index (χ1n) is 8.66. The highest BCUT2D eigenvalue weighted by Crippen LogP contribution is 2.45. The van der Waals surface area contributed by atoms with Crippen LogP contribution in [0.25, 0.3) is 0 Å². The predicted octanol–water partition coefficient (Wildman–Crippen LogP) is 5.28. The molecule has 140 valence electrons. The molecule has 26 heavy (non-hydrogen) atoms. The Labute approximate surface area is 171 Å². The van der Waals surface area contributed by atoms with Gasteiger partial charge in [-0.05, 0) is 42.9 Å². The molecule has 6 heteroatoms. The lowest BCUT2D eigenvalue weighted by atomic mass is 10.1. The van der Waals surface area contributed by atoms with Crippen LogP contribution in [0.3, 0.4) is 0 Å². The molecule has 0 spiro atoms. The number of anilines is 1. The summed E-state index contributed by atoms with van der Waals surface area (Å²) in [6.07, 6.45) is 0. The molecule has 1 aliphatic heterocycles. The number of rotatable bonds is 5. The first-order chi connectivity index (χ1) is 12.1. The number of likely N-dealkylation sites (N-methyl/N-ethyl adjacent to an activating group) is 1. The van der Waals surface area contributed by atoms with Crippen molar-refractivity contribution in [3.63, 3.8) is 0 Å². The largest absolute Gasteiger partial charge is 0.309 e. The molecular weight excluding hydrogens is 387 g/mol. The number of nitrogens with zero attached hydrogens (tertiary/aromatic N) is 2. The highest BCUT2D eigenvalue weighted by atomic mass is 35.5. The van der Waals surface area contributed by atoms with Gasteiger partial charge in [-0.3, -0.25) is 9.69 Å². The number of carbonyl (C=O) groups is 1. The molecule has 1 atom stereocenters. The van der Waals surface area contributed by atoms with Gasteiger partial charge in [-0.2, -0.15) is 0 Å². The number of benzene rings is 2. The minimum absolute atomic E-state index is 0. The Hall–Kier alpha value is -1.20. The summed E-state index contributed by atoms with van der Waals surface area (Å²) in [4.78, 5) is 18.2. The van der Waals surface area contributed by atoms with Crippen LogP contribution in [0, 0.1) is 0 Å². The number of thioether (sulfide) groups is 1. The molecule has 0 fully saturated rings. The van der Waals surface area contributed by atoms with Gasteiger partial charge in [0.15, 0.2) is 0 Å². The van der Waals surface area contributed by atoms with Gasteiger partial charge >= 0.3 is 0 Å². The van der Waals surface area contributed by atoms with Crippen LogP contribution in [-0.2, 0) is 4.79 Å². The van der Waals surface area contributed by atoms with Gasteiger partial charge in [0.2, 0.25) is 5.91 Å². The molecule has 2 aromatic rings. The zero-order valence-electron chi connectivity index (χ0n) is 15.0. The lowest BCUT2D eigenvalue weighted by molar-refractivity contribution is -0.119. The standard InChI is InChI=1S/C20H23ClN2OS.ClH/c1-3-22(4-2)14-20(24)23-13-19(15-9-11-16(21)12-10-15)25-18-8-6-5-7-17(18)23;/h5-12,19H,3-4,13-14H2,1-2H3;1H/t19-;/m0./s1. The molecule has 0 bridgehead atoms. The Kier molecular flexibility index (Phi) is 7.84. The maximum atomic E-state index is 13.0. The highest BCUT2D eigenvalue weighted by Gasteiger charge is 2.30. The Morgan fingerprint density at radius 2 is 1.81 bits per heavy atom. The lowest BCUT2D eigenvalue weighted by Crippen LogP contribution is -2.43. The van der Waals surface area contributed by atoms with Gasteiger partial charge in [0, 0.05) is 16.5 Å². The summed E-state index contributed by atoms with van der Waals surface area (Å²) < 4.78 is 0. The Morgan fingerprint density at radius 3 is 2.46 bits per heavy atom. The smallest absolute Gasteiger partial charge is 0.241 e. The van der Waals surface area contributed by atoms with Crippen molar-refractivity contribution in [1.29, 1.82) is 0 Å². The first-order valence-corrected chi connectivity index (χ1v) is 9.92. The molecule has 1 heterocycles. The van der Waals surface area contributed by atoms with E-state index in [0.29, 0.717) is 13.1 Å². The summed E-state index contributed by atoms with van der Waals surface area (Å²) >= 11 is 7.84. The number of hydrogen-bond donors (Lipinski definition) is 0. The summed E-state index contributed by atoms with van der Waals surface area (Å²) in [5.74, 6) is 0.162. The summed E-state index contributed by atoms with van der Waals surface area (Å²) in [5.41, 5.74) is 2.22. The van der Waals surface area contributed by atoms with Gasteiger partial charge in [-0.1, -0.05) is 49.7 Å². The van der Waals surface area contributed by atoms with E-state index in [4.69, 9.17) is 11.6 Å². The molecule has 0 saturated heterocycles. The molecule has 0 N–H and O–H groups in total. The first kappa shape index (κ1) is 21.1. The van der Waals surface area contributed by atoms with Crippen LogP contribution < -0.4 is 4.90 Å². The van der Waals surface area contributed by atoms with E-state index in [1.807, 2.05) is 47.0 Å². The SMILES string of the molecule is CCN(CC)CC(=O)N1C[C@@H](c2ccc(Cl)cc2)Sc2ccccc21.Cl. The number of amides is 1. The third-order valence-corrected chi connectivity index (χ3v) is 6.13. The fraction of sp³-hybridized carbons (Fsp3) is 0.350. The van der Waals surface area contributed by atoms with E-state index in [1.165, 1.54) is 5.56 Å². The van der Waals surface area contributed by atoms with Gasteiger partial charge < -0.3 is 4.90 Å². The van der Waals surface area contributed by atoms with Crippen molar-refractivity contribution in [3.05, 3.63) is 59.1 Å². The normalized spacial score (nSPS) is 16.2. The molecular formula is C20H24Cl2N2OS.